The van der Waals surface area contributed by atoms with Gasteiger partial charge in [-0.2, -0.15) is 0 Å². The highest BCUT2D eigenvalue weighted by molar-refractivity contribution is 6.05. The number of esters is 1. The summed E-state index contributed by atoms with van der Waals surface area (Å²) < 4.78 is 10.8. The van der Waals surface area contributed by atoms with Crippen molar-refractivity contribution in [1.82, 2.24) is 4.90 Å². The van der Waals surface area contributed by atoms with Crippen molar-refractivity contribution in [2.24, 2.45) is 11.8 Å². The Balaban J connectivity index is 1.47. The van der Waals surface area contributed by atoms with Gasteiger partial charge < -0.3 is 9.15 Å². The molecule has 0 spiro atoms. The van der Waals surface area contributed by atoms with E-state index in [1.807, 2.05) is 19.9 Å². The molecule has 1 saturated heterocycles. The number of benzene rings is 1. The Morgan fingerprint density at radius 1 is 1.10 bits per heavy atom. The molecular formula is C23H25NO6. The molecule has 2 fully saturated rings. The van der Waals surface area contributed by atoms with Crippen LogP contribution in [0.25, 0.3) is 11.0 Å². The van der Waals surface area contributed by atoms with Crippen molar-refractivity contribution in [2.75, 3.05) is 6.54 Å². The number of ether oxygens (including phenoxy) is 1. The highest BCUT2D eigenvalue weighted by Gasteiger charge is 2.47. The van der Waals surface area contributed by atoms with Gasteiger partial charge in [-0.15, -0.1) is 0 Å². The topological polar surface area (TPSA) is 93.9 Å². The van der Waals surface area contributed by atoms with Crippen LogP contribution in [0.4, 0.5) is 0 Å². The summed E-state index contributed by atoms with van der Waals surface area (Å²) in [5, 5.41) is 0.794. The summed E-state index contributed by atoms with van der Waals surface area (Å²) in [5.41, 5.74) is 1.50. The molecule has 2 aliphatic rings. The van der Waals surface area contributed by atoms with Crippen molar-refractivity contribution in [3.05, 3.63) is 39.7 Å². The molecule has 2 heterocycles. The van der Waals surface area contributed by atoms with E-state index in [0.29, 0.717) is 17.8 Å². The molecule has 4 rings (SSSR count). The van der Waals surface area contributed by atoms with Crippen molar-refractivity contribution in [2.45, 2.75) is 52.4 Å². The van der Waals surface area contributed by atoms with Gasteiger partial charge >= 0.3 is 11.6 Å². The van der Waals surface area contributed by atoms with Gasteiger partial charge in [0.1, 0.15) is 11.3 Å². The molecule has 2 atom stereocenters. The lowest BCUT2D eigenvalue weighted by atomic mass is 9.81. The standard InChI is InChI=1S/C23H25NO6/c1-3-14-11-17-13(2)10-21(26)30-19(17)12-18(14)29-20(25)8-9-24-22(27)15-6-4-5-7-16(15)23(24)28/h10-12,15-16H,3-9H2,1-2H3/t15-,16-/m1/s1. The number of carbonyl (C=O) groups is 3. The predicted octanol–water partition coefficient (Wildman–Crippen LogP) is 3.13. The molecular weight excluding hydrogens is 386 g/mol. The van der Waals surface area contributed by atoms with E-state index >= 15 is 0 Å². The molecule has 1 aromatic heterocycles. The number of hydrogen-bond acceptors (Lipinski definition) is 6. The van der Waals surface area contributed by atoms with E-state index in [1.54, 1.807) is 6.07 Å². The van der Waals surface area contributed by atoms with Gasteiger partial charge in [0.15, 0.2) is 0 Å². The molecule has 2 aromatic rings. The van der Waals surface area contributed by atoms with Crippen LogP contribution in [-0.2, 0) is 20.8 Å². The summed E-state index contributed by atoms with van der Waals surface area (Å²) in [7, 11) is 0. The first-order valence-corrected chi connectivity index (χ1v) is 10.5. The molecule has 7 heteroatoms. The summed E-state index contributed by atoms with van der Waals surface area (Å²) >= 11 is 0. The average molecular weight is 411 g/mol. The number of aryl methyl sites for hydroxylation is 2. The first kappa shape index (κ1) is 20.3. The fourth-order valence-corrected chi connectivity index (χ4v) is 4.59. The molecule has 1 aromatic carbocycles. The Hall–Kier alpha value is -2.96. The van der Waals surface area contributed by atoms with Crippen LogP contribution in [0.5, 0.6) is 5.75 Å². The predicted molar refractivity (Wildman–Crippen MR) is 109 cm³/mol. The van der Waals surface area contributed by atoms with Crippen LogP contribution in [0.1, 0.15) is 50.2 Å². The SMILES string of the molecule is CCc1cc2c(C)cc(=O)oc2cc1OC(=O)CCN1C(=O)[C@@H]2CCCC[C@H]2C1=O. The van der Waals surface area contributed by atoms with E-state index in [0.717, 1.165) is 42.2 Å². The Bertz CT molecular complexity index is 1060. The minimum absolute atomic E-state index is 0.0345. The van der Waals surface area contributed by atoms with Crippen LogP contribution in [0, 0.1) is 18.8 Å². The van der Waals surface area contributed by atoms with Gasteiger partial charge in [0.05, 0.1) is 18.3 Å². The minimum Gasteiger partial charge on any atom is -0.426 e. The van der Waals surface area contributed by atoms with E-state index in [4.69, 9.17) is 9.15 Å². The fraction of sp³-hybridized carbons (Fsp3) is 0.478. The molecule has 0 unspecified atom stereocenters. The fourth-order valence-electron chi connectivity index (χ4n) is 4.59. The van der Waals surface area contributed by atoms with Gasteiger partial charge in [0.2, 0.25) is 11.8 Å². The number of nitrogens with zero attached hydrogens (tertiary/aromatic N) is 1. The van der Waals surface area contributed by atoms with Gasteiger partial charge in [-0.3, -0.25) is 19.3 Å². The lowest BCUT2D eigenvalue weighted by Gasteiger charge is -2.19. The number of likely N-dealkylation sites (tertiary alicyclic amines) is 1. The largest absolute Gasteiger partial charge is 0.426 e. The maximum absolute atomic E-state index is 12.5. The van der Waals surface area contributed by atoms with Crippen molar-refractivity contribution in [1.29, 1.82) is 0 Å². The van der Waals surface area contributed by atoms with E-state index in [-0.39, 0.29) is 36.6 Å². The first-order chi connectivity index (χ1) is 14.4. The Morgan fingerprint density at radius 2 is 1.77 bits per heavy atom. The van der Waals surface area contributed by atoms with Crippen LogP contribution in [0.3, 0.4) is 0 Å². The Labute approximate surface area is 174 Å². The molecule has 0 N–H and O–H groups in total. The lowest BCUT2D eigenvalue weighted by molar-refractivity contribution is -0.141. The molecule has 1 aliphatic carbocycles. The van der Waals surface area contributed by atoms with Gasteiger partial charge in [0.25, 0.3) is 0 Å². The lowest BCUT2D eigenvalue weighted by Crippen LogP contribution is -2.33. The van der Waals surface area contributed by atoms with Gasteiger partial charge in [0, 0.05) is 24.1 Å². The molecule has 2 amide bonds. The van der Waals surface area contributed by atoms with Crippen molar-refractivity contribution < 1.29 is 23.5 Å². The van der Waals surface area contributed by atoms with E-state index in [1.165, 1.54) is 11.0 Å². The first-order valence-electron chi connectivity index (χ1n) is 10.5. The summed E-state index contributed by atoms with van der Waals surface area (Å²) in [6.45, 7) is 3.80. The minimum atomic E-state index is -0.533. The number of rotatable bonds is 5. The van der Waals surface area contributed by atoms with Crippen molar-refractivity contribution >= 4 is 28.8 Å². The molecule has 158 valence electrons. The zero-order chi connectivity index (χ0) is 21.4. The summed E-state index contributed by atoms with van der Waals surface area (Å²) in [6, 6.07) is 4.84. The van der Waals surface area contributed by atoms with Crippen LogP contribution < -0.4 is 10.4 Å². The summed E-state index contributed by atoms with van der Waals surface area (Å²) in [6.07, 6.45) is 3.98. The third kappa shape index (κ3) is 3.64. The maximum Gasteiger partial charge on any atom is 0.336 e. The van der Waals surface area contributed by atoms with Gasteiger partial charge in [-0.05, 0) is 43.4 Å². The number of imide groups is 1. The van der Waals surface area contributed by atoms with Crippen LogP contribution >= 0.6 is 0 Å². The molecule has 1 aliphatic heterocycles. The molecule has 0 bridgehead atoms. The van der Waals surface area contributed by atoms with Crippen molar-refractivity contribution in [3.63, 3.8) is 0 Å². The molecule has 7 nitrogen and oxygen atoms in total. The van der Waals surface area contributed by atoms with Gasteiger partial charge in [-0.25, -0.2) is 4.79 Å². The number of hydrogen-bond donors (Lipinski definition) is 0. The van der Waals surface area contributed by atoms with Crippen molar-refractivity contribution in [3.8, 4) is 5.75 Å². The quantitative estimate of drug-likeness (QED) is 0.325. The summed E-state index contributed by atoms with van der Waals surface area (Å²) in [5.74, 6) is -0.961. The molecule has 0 radical (unpaired) electrons. The van der Waals surface area contributed by atoms with E-state index in [9.17, 15) is 19.2 Å². The normalized spacial score (nSPS) is 21.2. The van der Waals surface area contributed by atoms with E-state index < -0.39 is 11.6 Å². The second-order valence-electron chi connectivity index (χ2n) is 8.11. The third-order valence-electron chi connectivity index (χ3n) is 6.21. The van der Waals surface area contributed by atoms with E-state index in [2.05, 4.69) is 0 Å². The Morgan fingerprint density at radius 3 is 2.40 bits per heavy atom. The number of carbonyl (C=O) groups excluding carboxylic acids is 3. The molecule has 1 saturated carbocycles. The number of fused-ring (bicyclic) bond motifs is 2. The number of amides is 2. The second-order valence-corrected chi connectivity index (χ2v) is 8.11. The molecule has 30 heavy (non-hydrogen) atoms. The summed E-state index contributed by atoms with van der Waals surface area (Å²) in [4.78, 5) is 50.5. The Kier molecular flexibility index (Phi) is 5.45. The van der Waals surface area contributed by atoms with Crippen LogP contribution in [-0.4, -0.2) is 29.2 Å². The van der Waals surface area contributed by atoms with Gasteiger partial charge in [-0.1, -0.05) is 19.8 Å². The smallest absolute Gasteiger partial charge is 0.336 e. The zero-order valence-electron chi connectivity index (χ0n) is 17.2. The average Bonchev–Trinajstić information content (AvgIpc) is 2.96. The zero-order valence-corrected chi connectivity index (χ0v) is 17.2. The highest BCUT2D eigenvalue weighted by Crippen LogP contribution is 2.38. The highest BCUT2D eigenvalue weighted by atomic mass is 16.5. The van der Waals surface area contributed by atoms with Crippen LogP contribution in [0.15, 0.2) is 27.4 Å². The maximum atomic E-state index is 12.5. The second kappa shape index (κ2) is 8.05. The third-order valence-corrected chi connectivity index (χ3v) is 6.21. The van der Waals surface area contributed by atoms with Crippen LogP contribution in [0.2, 0.25) is 0 Å². The monoisotopic (exact) mass is 411 g/mol.